The maximum Gasteiger partial charge on any atom is 0.234 e. The number of nitrogens with one attached hydrogen (secondary N) is 3. The first-order valence-corrected chi connectivity index (χ1v) is 7.81. The predicted octanol–water partition coefficient (Wildman–Crippen LogP) is 2.23. The standard InChI is InChI=1S/C17H29N3O/c1-5-17(6-2,13-19-16(21)12-18-4)20-14(3)15-10-8-7-9-11-15/h7-11,14,18,20H,5-6,12-13H2,1-4H3,(H,19,21). The zero-order chi connectivity index (χ0) is 15.7. The lowest BCUT2D eigenvalue weighted by molar-refractivity contribution is -0.120. The normalized spacial score (nSPS) is 13.0. The summed E-state index contributed by atoms with van der Waals surface area (Å²) in [6.07, 6.45) is 1.95. The average molecular weight is 291 g/mol. The molecule has 3 N–H and O–H groups in total. The molecule has 0 bridgehead atoms. The fraction of sp³-hybridized carbons (Fsp3) is 0.588. The summed E-state index contributed by atoms with van der Waals surface area (Å²) in [4.78, 5) is 11.7. The summed E-state index contributed by atoms with van der Waals surface area (Å²) in [5.41, 5.74) is 1.20. The molecule has 1 atom stereocenters. The molecule has 0 aliphatic carbocycles. The molecule has 1 rings (SSSR count). The molecule has 0 spiro atoms. The highest BCUT2D eigenvalue weighted by Crippen LogP contribution is 2.21. The molecule has 1 aromatic carbocycles. The Hall–Kier alpha value is -1.39. The molecule has 0 heterocycles. The Balaban J connectivity index is 2.69. The van der Waals surface area contributed by atoms with Gasteiger partial charge in [0.2, 0.25) is 5.91 Å². The average Bonchev–Trinajstić information content (AvgIpc) is 2.52. The molecule has 118 valence electrons. The second-order valence-corrected chi connectivity index (χ2v) is 5.57. The summed E-state index contributed by atoms with van der Waals surface area (Å²) >= 11 is 0. The van der Waals surface area contributed by atoms with E-state index in [1.54, 1.807) is 7.05 Å². The molecule has 0 saturated heterocycles. The first kappa shape index (κ1) is 17.7. The van der Waals surface area contributed by atoms with Crippen molar-refractivity contribution in [2.24, 2.45) is 0 Å². The Morgan fingerprint density at radius 1 is 1.19 bits per heavy atom. The zero-order valence-electron chi connectivity index (χ0n) is 13.7. The Morgan fingerprint density at radius 2 is 1.81 bits per heavy atom. The third kappa shape index (κ3) is 5.48. The highest BCUT2D eigenvalue weighted by molar-refractivity contribution is 5.78. The van der Waals surface area contributed by atoms with Crippen LogP contribution in [0.4, 0.5) is 0 Å². The van der Waals surface area contributed by atoms with Crippen LogP contribution in [0.1, 0.15) is 45.2 Å². The molecule has 0 aromatic heterocycles. The van der Waals surface area contributed by atoms with Gasteiger partial charge in [-0.25, -0.2) is 0 Å². The Kier molecular flexibility index (Phi) is 7.40. The number of rotatable bonds is 9. The maximum absolute atomic E-state index is 11.7. The van der Waals surface area contributed by atoms with Crippen molar-refractivity contribution >= 4 is 5.91 Å². The van der Waals surface area contributed by atoms with Gasteiger partial charge in [0.15, 0.2) is 0 Å². The van der Waals surface area contributed by atoms with E-state index in [1.165, 1.54) is 5.56 Å². The largest absolute Gasteiger partial charge is 0.353 e. The lowest BCUT2D eigenvalue weighted by Crippen LogP contribution is -2.54. The number of hydrogen-bond acceptors (Lipinski definition) is 3. The van der Waals surface area contributed by atoms with E-state index in [9.17, 15) is 4.79 Å². The molecule has 1 amide bonds. The van der Waals surface area contributed by atoms with Gasteiger partial charge in [0, 0.05) is 18.1 Å². The van der Waals surface area contributed by atoms with E-state index in [0.717, 1.165) is 12.8 Å². The van der Waals surface area contributed by atoms with Crippen LogP contribution < -0.4 is 16.0 Å². The quantitative estimate of drug-likeness (QED) is 0.654. The highest BCUT2D eigenvalue weighted by Gasteiger charge is 2.28. The van der Waals surface area contributed by atoms with Gasteiger partial charge in [0.05, 0.1) is 6.54 Å². The number of likely N-dealkylation sites (N-methyl/N-ethyl adjacent to an activating group) is 1. The minimum absolute atomic E-state index is 0.0398. The number of hydrogen-bond donors (Lipinski definition) is 3. The van der Waals surface area contributed by atoms with Crippen LogP contribution in [0, 0.1) is 0 Å². The predicted molar refractivity (Wildman–Crippen MR) is 88.2 cm³/mol. The number of carbonyl (C=O) groups is 1. The van der Waals surface area contributed by atoms with Gasteiger partial charge in [0.1, 0.15) is 0 Å². The molecule has 21 heavy (non-hydrogen) atoms. The summed E-state index contributed by atoms with van der Waals surface area (Å²) in [5, 5.41) is 9.60. The first-order chi connectivity index (χ1) is 10.1. The molecular formula is C17H29N3O. The van der Waals surface area contributed by atoms with Crippen molar-refractivity contribution in [2.45, 2.75) is 45.2 Å². The molecule has 0 radical (unpaired) electrons. The molecule has 0 aliphatic heterocycles. The van der Waals surface area contributed by atoms with E-state index in [1.807, 2.05) is 6.07 Å². The fourth-order valence-electron chi connectivity index (χ4n) is 2.53. The van der Waals surface area contributed by atoms with Crippen molar-refractivity contribution in [3.8, 4) is 0 Å². The van der Waals surface area contributed by atoms with Crippen LogP contribution in [0.15, 0.2) is 30.3 Å². The maximum atomic E-state index is 11.7. The molecule has 4 nitrogen and oxygen atoms in total. The fourth-order valence-corrected chi connectivity index (χ4v) is 2.53. The van der Waals surface area contributed by atoms with Gasteiger partial charge in [0.25, 0.3) is 0 Å². The molecule has 1 aromatic rings. The van der Waals surface area contributed by atoms with Gasteiger partial charge in [-0.15, -0.1) is 0 Å². The van der Waals surface area contributed by atoms with Crippen LogP contribution in [0.2, 0.25) is 0 Å². The first-order valence-electron chi connectivity index (χ1n) is 7.81. The summed E-state index contributed by atoms with van der Waals surface area (Å²) in [7, 11) is 1.78. The van der Waals surface area contributed by atoms with Crippen LogP contribution in [0.25, 0.3) is 0 Å². The van der Waals surface area contributed by atoms with E-state index in [-0.39, 0.29) is 17.5 Å². The van der Waals surface area contributed by atoms with E-state index >= 15 is 0 Å². The van der Waals surface area contributed by atoms with Gasteiger partial charge in [-0.1, -0.05) is 44.2 Å². The van der Waals surface area contributed by atoms with Crippen molar-refractivity contribution in [3.05, 3.63) is 35.9 Å². The topological polar surface area (TPSA) is 53.2 Å². The van der Waals surface area contributed by atoms with Crippen LogP contribution in [0.3, 0.4) is 0 Å². The van der Waals surface area contributed by atoms with Gasteiger partial charge >= 0.3 is 0 Å². The number of amides is 1. The Morgan fingerprint density at radius 3 is 2.33 bits per heavy atom. The summed E-state index contributed by atoms with van der Waals surface area (Å²) in [5.74, 6) is 0.0398. The van der Waals surface area contributed by atoms with Crippen molar-refractivity contribution in [1.29, 1.82) is 0 Å². The Bertz CT molecular complexity index is 415. The van der Waals surface area contributed by atoms with Crippen molar-refractivity contribution < 1.29 is 4.79 Å². The Labute approximate surface area is 128 Å². The summed E-state index contributed by atoms with van der Waals surface area (Å²) in [6, 6.07) is 10.7. The van der Waals surface area contributed by atoms with Crippen molar-refractivity contribution in [1.82, 2.24) is 16.0 Å². The van der Waals surface area contributed by atoms with E-state index in [2.05, 4.69) is 61.0 Å². The second-order valence-electron chi connectivity index (χ2n) is 5.57. The second kappa shape index (κ2) is 8.80. The minimum atomic E-state index is -0.0708. The zero-order valence-corrected chi connectivity index (χ0v) is 13.7. The third-order valence-corrected chi connectivity index (χ3v) is 4.14. The van der Waals surface area contributed by atoms with E-state index in [0.29, 0.717) is 13.1 Å². The minimum Gasteiger partial charge on any atom is -0.353 e. The summed E-state index contributed by atoms with van der Waals surface area (Å²) in [6.45, 7) is 7.51. The third-order valence-electron chi connectivity index (χ3n) is 4.14. The van der Waals surface area contributed by atoms with Crippen LogP contribution >= 0.6 is 0 Å². The monoisotopic (exact) mass is 291 g/mol. The molecule has 1 unspecified atom stereocenters. The molecule has 0 fully saturated rings. The lowest BCUT2D eigenvalue weighted by atomic mass is 9.90. The van der Waals surface area contributed by atoms with Gasteiger partial charge < -0.3 is 16.0 Å². The number of carbonyl (C=O) groups excluding carboxylic acids is 1. The number of benzene rings is 1. The van der Waals surface area contributed by atoms with Crippen molar-refractivity contribution in [3.63, 3.8) is 0 Å². The van der Waals surface area contributed by atoms with E-state index in [4.69, 9.17) is 0 Å². The van der Waals surface area contributed by atoms with Crippen molar-refractivity contribution in [2.75, 3.05) is 20.1 Å². The SMILES string of the molecule is CCC(CC)(CNC(=O)CNC)NC(C)c1ccccc1. The summed E-state index contributed by atoms with van der Waals surface area (Å²) < 4.78 is 0. The molecule has 0 saturated carbocycles. The van der Waals surface area contributed by atoms with Gasteiger partial charge in [-0.05, 0) is 32.4 Å². The smallest absolute Gasteiger partial charge is 0.234 e. The lowest BCUT2D eigenvalue weighted by Gasteiger charge is -2.36. The molecule has 0 aliphatic rings. The highest BCUT2D eigenvalue weighted by atomic mass is 16.1. The van der Waals surface area contributed by atoms with Crippen LogP contribution in [-0.4, -0.2) is 31.6 Å². The molecule has 4 heteroatoms. The van der Waals surface area contributed by atoms with Gasteiger partial charge in [-0.2, -0.15) is 0 Å². The van der Waals surface area contributed by atoms with Crippen LogP contribution in [0.5, 0.6) is 0 Å². The van der Waals surface area contributed by atoms with E-state index < -0.39 is 0 Å². The van der Waals surface area contributed by atoms with Gasteiger partial charge in [-0.3, -0.25) is 4.79 Å². The van der Waals surface area contributed by atoms with Crippen LogP contribution in [-0.2, 0) is 4.79 Å². The molecular weight excluding hydrogens is 262 g/mol.